The fraction of sp³-hybridized carbons (Fsp3) is 0.308. The van der Waals surface area contributed by atoms with E-state index in [4.69, 9.17) is 9.72 Å². The number of carbonyl (C=O) groups excluding carboxylic acids is 1. The Balaban J connectivity index is 1.48. The summed E-state index contributed by atoms with van der Waals surface area (Å²) >= 11 is 1.39. The monoisotopic (exact) mass is 489 g/mol. The van der Waals surface area contributed by atoms with Gasteiger partial charge in [-0.15, -0.1) is 5.10 Å². The molecule has 8 nitrogen and oxygen atoms in total. The third kappa shape index (κ3) is 4.68. The number of nitrogens with zero attached hydrogens (tertiary/aromatic N) is 4. The highest BCUT2D eigenvalue weighted by Crippen LogP contribution is 2.32. The van der Waals surface area contributed by atoms with Gasteiger partial charge in [0.2, 0.25) is 5.91 Å². The molecule has 0 aliphatic carbocycles. The Morgan fingerprint density at radius 3 is 2.60 bits per heavy atom. The maximum Gasteiger partial charge on any atom is 0.284 e. The summed E-state index contributed by atoms with van der Waals surface area (Å²) in [5.74, 6) is 1.04. The van der Waals surface area contributed by atoms with Crippen LogP contribution in [0.3, 0.4) is 0 Å². The number of fused-ring (bicyclic) bond motifs is 3. The van der Waals surface area contributed by atoms with Gasteiger partial charge in [-0.3, -0.25) is 9.59 Å². The van der Waals surface area contributed by atoms with Crippen LogP contribution < -0.4 is 15.6 Å². The van der Waals surface area contributed by atoms with Crippen molar-refractivity contribution in [3.8, 4) is 22.8 Å². The molecule has 9 heteroatoms. The molecular formula is C26H27N5O3S. The van der Waals surface area contributed by atoms with Gasteiger partial charge < -0.3 is 14.6 Å². The average Bonchev–Trinajstić information content (AvgIpc) is 3.04. The lowest BCUT2D eigenvalue weighted by Gasteiger charge is -2.19. The van der Waals surface area contributed by atoms with E-state index in [-0.39, 0.29) is 11.5 Å². The van der Waals surface area contributed by atoms with Crippen molar-refractivity contribution < 1.29 is 9.53 Å². The number of carbonyl (C=O) groups is 1. The van der Waals surface area contributed by atoms with Gasteiger partial charge in [0.15, 0.2) is 11.0 Å². The van der Waals surface area contributed by atoms with Gasteiger partial charge in [-0.05, 0) is 62.6 Å². The van der Waals surface area contributed by atoms with Gasteiger partial charge in [0, 0.05) is 17.9 Å². The molecule has 2 aromatic rings. The Morgan fingerprint density at radius 2 is 1.86 bits per heavy atom. The van der Waals surface area contributed by atoms with E-state index in [0.717, 1.165) is 43.7 Å². The molecule has 0 fully saturated rings. The first-order chi connectivity index (χ1) is 17.0. The molecule has 5 rings (SSSR count). The van der Waals surface area contributed by atoms with Crippen LogP contribution in [0.25, 0.3) is 17.1 Å². The number of para-hydroxylation sites is 1. The van der Waals surface area contributed by atoms with Crippen LogP contribution in [0.15, 0.2) is 64.5 Å². The molecule has 35 heavy (non-hydrogen) atoms. The Bertz CT molecular complexity index is 1360. The van der Waals surface area contributed by atoms with Gasteiger partial charge in [0.1, 0.15) is 11.3 Å². The number of amides is 1. The second-order valence-corrected chi connectivity index (χ2v) is 9.84. The van der Waals surface area contributed by atoms with E-state index in [9.17, 15) is 9.59 Å². The predicted molar refractivity (Wildman–Crippen MR) is 137 cm³/mol. The van der Waals surface area contributed by atoms with E-state index >= 15 is 0 Å². The van der Waals surface area contributed by atoms with Crippen LogP contribution in [0.1, 0.15) is 31.9 Å². The zero-order valence-electron chi connectivity index (χ0n) is 19.7. The molecule has 180 valence electrons. The fourth-order valence-electron chi connectivity index (χ4n) is 4.32. The number of benzene rings is 2. The van der Waals surface area contributed by atoms with E-state index in [1.54, 1.807) is 7.11 Å². The number of methoxy groups -OCH3 is 1. The number of nitrogens with one attached hydrogen (secondary N) is 1. The average molecular weight is 490 g/mol. The molecule has 2 aromatic carbocycles. The standard InChI is InChI=1S/C26H27N5O3S/c1-17(24(32)27-18-12-14-20(34-2)15-13-18)35-26-28-23-22(21-11-7-4-8-16-30(21)26)25(33)31(29-23)19-9-5-3-6-10-19/h3,5-6,9-10,12-15,17H,4,7-8,11,16H2,1-2H3,(H,27,32). The molecule has 0 saturated heterocycles. The number of thioether (sulfide) groups is 1. The van der Waals surface area contributed by atoms with Crippen molar-refractivity contribution in [3.63, 3.8) is 0 Å². The van der Waals surface area contributed by atoms with E-state index in [1.165, 1.54) is 16.4 Å². The van der Waals surface area contributed by atoms with Gasteiger partial charge in [-0.2, -0.15) is 4.68 Å². The molecule has 1 atom stereocenters. The lowest BCUT2D eigenvalue weighted by molar-refractivity contribution is -0.115. The Morgan fingerprint density at radius 1 is 1.09 bits per heavy atom. The minimum absolute atomic E-state index is 0.121. The second kappa shape index (κ2) is 9.95. The van der Waals surface area contributed by atoms with E-state index in [2.05, 4.69) is 15.0 Å². The molecule has 0 spiro atoms. The Kier molecular flexibility index (Phi) is 6.59. The lowest BCUT2D eigenvalue weighted by Crippen LogP contribution is -2.24. The van der Waals surface area contributed by atoms with E-state index in [1.807, 2.05) is 61.5 Å². The summed E-state index contributed by atoms with van der Waals surface area (Å²) in [6.45, 7) is 2.63. The maximum atomic E-state index is 13.4. The first-order valence-corrected chi connectivity index (χ1v) is 12.6. The van der Waals surface area contributed by atoms with Crippen LogP contribution in [0.2, 0.25) is 0 Å². The van der Waals surface area contributed by atoms with E-state index < -0.39 is 5.25 Å². The first-order valence-electron chi connectivity index (χ1n) is 11.7. The van der Waals surface area contributed by atoms with Crippen LogP contribution >= 0.6 is 11.8 Å². The van der Waals surface area contributed by atoms with E-state index in [0.29, 0.717) is 27.9 Å². The summed E-state index contributed by atoms with van der Waals surface area (Å²) in [5.41, 5.74) is 2.81. The number of rotatable bonds is 6. The molecule has 3 aliphatic heterocycles. The highest BCUT2D eigenvalue weighted by Gasteiger charge is 2.28. The highest BCUT2D eigenvalue weighted by molar-refractivity contribution is 8.00. The molecular weight excluding hydrogens is 462 g/mol. The molecule has 0 bridgehead atoms. The van der Waals surface area contributed by atoms with Crippen LogP contribution in [-0.4, -0.2) is 37.6 Å². The summed E-state index contributed by atoms with van der Waals surface area (Å²) in [6.07, 6.45) is 3.88. The zero-order chi connectivity index (χ0) is 24.4. The molecule has 1 N–H and O–H groups in total. The summed E-state index contributed by atoms with van der Waals surface area (Å²) in [7, 11) is 1.61. The van der Waals surface area contributed by atoms with Crippen molar-refractivity contribution in [2.75, 3.05) is 12.4 Å². The minimum Gasteiger partial charge on any atom is -0.497 e. The number of hydrogen-bond donors (Lipinski definition) is 1. The summed E-state index contributed by atoms with van der Waals surface area (Å²) in [4.78, 5) is 31.1. The third-order valence-corrected chi connectivity index (χ3v) is 7.27. The number of hydrogen-bond acceptors (Lipinski definition) is 6. The van der Waals surface area contributed by atoms with Crippen LogP contribution in [0.4, 0.5) is 5.69 Å². The molecule has 1 unspecified atom stereocenters. The fourth-order valence-corrected chi connectivity index (χ4v) is 5.27. The number of aromatic nitrogens is 4. The molecule has 3 aliphatic rings. The molecule has 0 aromatic heterocycles. The van der Waals surface area contributed by atoms with Gasteiger partial charge in [-0.1, -0.05) is 36.4 Å². The van der Waals surface area contributed by atoms with Gasteiger partial charge in [0.05, 0.1) is 18.0 Å². The maximum absolute atomic E-state index is 13.4. The second-order valence-electron chi connectivity index (χ2n) is 8.53. The van der Waals surface area contributed by atoms with Gasteiger partial charge in [0.25, 0.3) is 5.56 Å². The smallest absolute Gasteiger partial charge is 0.284 e. The minimum atomic E-state index is -0.398. The van der Waals surface area contributed by atoms with Crippen molar-refractivity contribution in [3.05, 3.63) is 70.6 Å². The third-order valence-electron chi connectivity index (χ3n) is 6.18. The summed E-state index contributed by atoms with van der Waals surface area (Å²) < 4.78 is 8.73. The Labute approximate surface area is 207 Å². The van der Waals surface area contributed by atoms with Crippen molar-refractivity contribution in [1.29, 1.82) is 0 Å². The number of ether oxygens (including phenoxy) is 1. The SMILES string of the molecule is COc1ccc(NC(=O)C(C)Sc2nc3nn(-c4ccccc4)c(=O)c-3c3n2CCCCC3)cc1. The largest absolute Gasteiger partial charge is 0.497 e. The molecule has 1 amide bonds. The molecule has 0 radical (unpaired) electrons. The first kappa shape index (κ1) is 23.2. The van der Waals surface area contributed by atoms with Crippen molar-refractivity contribution in [1.82, 2.24) is 19.3 Å². The van der Waals surface area contributed by atoms with Crippen molar-refractivity contribution in [2.24, 2.45) is 0 Å². The van der Waals surface area contributed by atoms with Gasteiger partial charge in [-0.25, -0.2) is 4.98 Å². The topological polar surface area (TPSA) is 91.0 Å². The highest BCUT2D eigenvalue weighted by atomic mass is 32.2. The van der Waals surface area contributed by atoms with Crippen molar-refractivity contribution >= 4 is 23.4 Å². The van der Waals surface area contributed by atoms with Gasteiger partial charge >= 0.3 is 0 Å². The molecule has 0 saturated carbocycles. The van der Waals surface area contributed by atoms with Crippen molar-refractivity contribution in [2.45, 2.75) is 49.6 Å². The quantitative estimate of drug-likeness (QED) is 0.319. The summed E-state index contributed by atoms with van der Waals surface area (Å²) in [5, 5.41) is 7.84. The van der Waals surface area contributed by atoms with Crippen LogP contribution in [-0.2, 0) is 17.8 Å². The predicted octanol–water partition coefficient (Wildman–Crippen LogP) is 4.39. The zero-order valence-corrected chi connectivity index (χ0v) is 20.5. The Hall–Kier alpha value is -3.59. The number of anilines is 1. The lowest BCUT2D eigenvalue weighted by atomic mass is 10.1. The normalized spacial score (nSPS) is 14.2. The van der Waals surface area contributed by atoms with Crippen LogP contribution in [0, 0.1) is 0 Å². The van der Waals surface area contributed by atoms with Crippen LogP contribution in [0.5, 0.6) is 5.75 Å². The molecule has 3 heterocycles. The summed E-state index contributed by atoms with van der Waals surface area (Å²) in [6, 6.07) is 16.6.